The number of hydrogen-bond donors (Lipinski definition) is 0. The van der Waals surface area contributed by atoms with E-state index in [-0.39, 0.29) is 0 Å². The van der Waals surface area contributed by atoms with E-state index < -0.39 is 32.3 Å². The molecule has 0 atom stereocenters. The van der Waals surface area contributed by atoms with E-state index in [0.717, 1.165) is 44.2 Å². The first-order valence-corrected chi connectivity index (χ1v) is 27.0. The van der Waals surface area contributed by atoms with Crippen LogP contribution in [-0.4, -0.2) is 32.3 Å². The summed E-state index contributed by atoms with van der Waals surface area (Å²) in [5, 5.41) is 2.09. The van der Waals surface area contributed by atoms with Gasteiger partial charge in [0.05, 0.1) is 11.1 Å². The van der Waals surface area contributed by atoms with E-state index in [9.17, 15) is 0 Å². The Bertz CT molecular complexity index is 1490. The molecule has 2 aromatic carbocycles. The smallest absolute Gasteiger partial charge is 0.151 e. The van der Waals surface area contributed by atoms with Gasteiger partial charge < -0.3 is 4.42 Å². The van der Waals surface area contributed by atoms with Gasteiger partial charge in [0, 0.05) is 21.9 Å². The lowest BCUT2D eigenvalue weighted by Gasteiger charge is -2.05. The predicted octanol–water partition coefficient (Wildman–Crippen LogP) is 8.50. The van der Waals surface area contributed by atoms with Crippen LogP contribution < -0.4 is 0 Å². The van der Waals surface area contributed by atoms with Crippen molar-refractivity contribution >= 4 is 54.2 Å². The molecule has 0 N–H and O–H groups in total. The first kappa shape index (κ1) is 28.9. The Labute approximate surface area is 228 Å². The van der Waals surface area contributed by atoms with E-state index in [1.807, 2.05) is 0 Å². The summed E-state index contributed by atoms with van der Waals surface area (Å²) in [6.45, 7) is 27.2. The lowest BCUT2D eigenvalue weighted by Crippen LogP contribution is -2.16. The van der Waals surface area contributed by atoms with E-state index >= 15 is 0 Å². The molecule has 0 saturated heterocycles. The van der Waals surface area contributed by atoms with Gasteiger partial charge in [0.1, 0.15) is 32.3 Å². The molecule has 0 aliphatic heterocycles. The van der Waals surface area contributed by atoms with Gasteiger partial charge in [-0.25, -0.2) is 0 Å². The third kappa shape index (κ3) is 8.71. The zero-order valence-corrected chi connectivity index (χ0v) is 28.7. The Kier molecular flexibility index (Phi) is 8.01. The number of furan rings is 1. The fourth-order valence-corrected chi connectivity index (χ4v) is 5.40. The number of benzene rings is 2. The Morgan fingerprint density at radius 1 is 0.432 bits per heavy atom. The van der Waals surface area contributed by atoms with Gasteiger partial charge in [-0.15, -0.1) is 22.2 Å². The van der Waals surface area contributed by atoms with Gasteiger partial charge >= 0.3 is 0 Å². The van der Waals surface area contributed by atoms with Crippen molar-refractivity contribution in [2.45, 2.75) is 78.6 Å². The van der Waals surface area contributed by atoms with Gasteiger partial charge in [-0.1, -0.05) is 102 Å². The monoisotopic (exact) mass is 552 g/mol. The largest absolute Gasteiger partial charge is 0.453 e. The summed E-state index contributed by atoms with van der Waals surface area (Å²) in [6.07, 6.45) is 0. The molecule has 0 saturated carbocycles. The first-order chi connectivity index (χ1) is 16.8. The van der Waals surface area contributed by atoms with E-state index in [0.29, 0.717) is 0 Å². The minimum atomic E-state index is -1.58. The van der Waals surface area contributed by atoms with Crippen molar-refractivity contribution in [3.8, 4) is 45.9 Å². The third-order valence-electron chi connectivity index (χ3n) is 4.98. The summed E-state index contributed by atoms with van der Waals surface area (Å²) in [5.74, 6) is 13.9. The summed E-state index contributed by atoms with van der Waals surface area (Å²) in [6, 6.07) is 8.54. The number of rotatable bonds is 0. The van der Waals surface area contributed by atoms with Crippen LogP contribution in [0.15, 0.2) is 28.7 Å². The standard InChI is InChI=1S/C32H40OSi4/c1-34(2,3)17-13-25-21-27(15-19-36(7,8)9)31-29(23-25)30-24-26(14-18-35(4,5)6)22-28(32(30)33-31)16-20-37(10,11)12/h21-24H,1-12H3. The lowest BCUT2D eigenvalue weighted by atomic mass is 10.0. The highest BCUT2D eigenvalue weighted by Gasteiger charge is 2.17. The van der Waals surface area contributed by atoms with Crippen molar-refractivity contribution in [1.82, 2.24) is 0 Å². The average Bonchev–Trinajstić information content (AvgIpc) is 3.09. The van der Waals surface area contributed by atoms with Crippen molar-refractivity contribution in [1.29, 1.82) is 0 Å². The van der Waals surface area contributed by atoms with Crippen molar-refractivity contribution in [2.24, 2.45) is 0 Å². The lowest BCUT2D eigenvalue weighted by molar-refractivity contribution is 0.666. The van der Waals surface area contributed by atoms with Crippen LogP contribution in [0.2, 0.25) is 78.6 Å². The summed E-state index contributed by atoms with van der Waals surface area (Å²) < 4.78 is 6.59. The highest BCUT2D eigenvalue weighted by molar-refractivity contribution is 6.85. The van der Waals surface area contributed by atoms with Crippen LogP contribution in [0.4, 0.5) is 0 Å². The number of fused-ring (bicyclic) bond motifs is 3. The second kappa shape index (κ2) is 10.2. The second-order valence-corrected chi connectivity index (χ2v) is 32.9. The van der Waals surface area contributed by atoms with Crippen molar-refractivity contribution < 1.29 is 4.42 Å². The van der Waals surface area contributed by atoms with Crippen molar-refractivity contribution in [3.05, 3.63) is 46.5 Å². The fraction of sp³-hybridized carbons (Fsp3) is 0.375. The first-order valence-electron chi connectivity index (χ1n) is 13.0. The molecule has 5 heteroatoms. The van der Waals surface area contributed by atoms with Gasteiger partial charge in [-0.05, 0) is 24.3 Å². The number of hydrogen-bond acceptors (Lipinski definition) is 1. The van der Waals surface area contributed by atoms with Gasteiger partial charge in [-0.3, -0.25) is 0 Å². The Morgan fingerprint density at radius 3 is 1.03 bits per heavy atom. The maximum absolute atomic E-state index is 6.59. The topological polar surface area (TPSA) is 13.1 Å². The maximum atomic E-state index is 6.59. The van der Waals surface area contributed by atoms with Crippen LogP contribution in [0.3, 0.4) is 0 Å². The van der Waals surface area contributed by atoms with Crippen LogP contribution >= 0.6 is 0 Å². The maximum Gasteiger partial charge on any atom is 0.151 e. The quantitative estimate of drug-likeness (QED) is 0.201. The Balaban J connectivity index is 2.46. The molecule has 3 rings (SSSR count). The summed E-state index contributed by atoms with van der Waals surface area (Å²) in [5.41, 5.74) is 19.6. The second-order valence-electron chi connectivity index (χ2n) is 13.9. The molecular formula is C32H40OSi4. The molecule has 1 heterocycles. The molecule has 0 amide bonds. The third-order valence-corrected chi connectivity index (χ3v) is 8.48. The minimum absolute atomic E-state index is 0.825. The van der Waals surface area contributed by atoms with Gasteiger partial charge in [-0.2, -0.15) is 0 Å². The van der Waals surface area contributed by atoms with Crippen LogP contribution in [0.1, 0.15) is 22.3 Å². The molecule has 0 bridgehead atoms. The van der Waals surface area contributed by atoms with Gasteiger partial charge in [0.25, 0.3) is 0 Å². The van der Waals surface area contributed by atoms with E-state index in [1.165, 1.54) is 0 Å². The average molecular weight is 553 g/mol. The Morgan fingerprint density at radius 2 is 0.730 bits per heavy atom. The summed E-state index contributed by atoms with van der Waals surface area (Å²) in [7, 11) is -6.21. The van der Waals surface area contributed by atoms with Crippen LogP contribution in [-0.2, 0) is 0 Å². The van der Waals surface area contributed by atoms with Crippen LogP contribution in [0.25, 0.3) is 21.9 Å². The molecule has 0 radical (unpaired) electrons. The molecule has 190 valence electrons. The summed E-state index contributed by atoms with van der Waals surface area (Å²) >= 11 is 0. The van der Waals surface area contributed by atoms with E-state index in [1.54, 1.807) is 0 Å². The molecule has 0 aliphatic carbocycles. The normalized spacial score (nSPS) is 12.0. The molecule has 37 heavy (non-hydrogen) atoms. The van der Waals surface area contributed by atoms with Crippen LogP contribution in [0.5, 0.6) is 0 Å². The SMILES string of the molecule is C[Si](C)(C)C#Cc1cc(C#C[Si](C)(C)C)c2oc3c(C#C[Si](C)(C)C)cc(C#C[Si](C)(C)C)cc3c2c1. The van der Waals surface area contributed by atoms with Crippen molar-refractivity contribution in [2.75, 3.05) is 0 Å². The van der Waals surface area contributed by atoms with Gasteiger partial charge in [0.2, 0.25) is 0 Å². The van der Waals surface area contributed by atoms with E-state index in [2.05, 4.69) is 149 Å². The molecule has 1 nitrogen and oxygen atoms in total. The fourth-order valence-electron chi connectivity index (χ4n) is 3.34. The van der Waals surface area contributed by atoms with Crippen LogP contribution in [0, 0.1) is 45.9 Å². The molecular weight excluding hydrogens is 513 g/mol. The highest BCUT2D eigenvalue weighted by Crippen LogP contribution is 2.34. The zero-order valence-electron chi connectivity index (χ0n) is 24.7. The zero-order chi connectivity index (χ0) is 27.8. The summed E-state index contributed by atoms with van der Waals surface area (Å²) in [4.78, 5) is 0. The van der Waals surface area contributed by atoms with Crippen molar-refractivity contribution in [3.63, 3.8) is 0 Å². The molecule has 0 aliphatic rings. The minimum Gasteiger partial charge on any atom is -0.453 e. The molecule has 0 unspecified atom stereocenters. The van der Waals surface area contributed by atoms with E-state index in [4.69, 9.17) is 4.42 Å². The molecule has 0 fully saturated rings. The predicted molar refractivity (Wildman–Crippen MR) is 175 cm³/mol. The molecule has 3 aromatic rings. The molecule has 0 spiro atoms. The molecule has 1 aromatic heterocycles. The van der Waals surface area contributed by atoms with Gasteiger partial charge in [0.15, 0.2) is 11.2 Å². The Hall–Kier alpha value is -2.65. The highest BCUT2D eigenvalue weighted by atomic mass is 28.3.